The second kappa shape index (κ2) is 11.4. The molecule has 0 bridgehead atoms. The standard InChI is InChI=1S/C23H35N7OS/c1-4-28(5-2)11-10-25-23(32)26-19-7-8-20-18(16-19)6-9-21(27-20)29-12-14-30(15-13-29)22(31)17(3)24/h6-9,16-17H,4-5,10-15,24H2,1-3H3,(H2,25,26,32)/t17-/m0/s1. The molecule has 1 aromatic carbocycles. The van der Waals surface area contributed by atoms with Crippen molar-refractivity contribution in [2.45, 2.75) is 26.8 Å². The molecule has 0 spiro atoms. The molecule has 4 N–H and O–H groups in total. The van der Waals surface area contributed by atoms with Crippen molar-refractivity contribution in [3.05, 3.63) is 30.3 Å². The normalized spacial score (nSPS) is 15.2. The Labute approximate surface area is 196 Å². The molecule has 1 saturated heterocycles. The van der Waals surface area contributed by atoms with Gasteiger partial charge in [-0.2, -0.15) is 0 Å². The first kappa shape index (κ1) is 24.2. The summed E-state index contributed by atoms with van der Waals surface area (Å²) in [6, 6.07) is 9.74. The number of nitrogens with two attached hydrogens (primary N) is 1. The van der Waals surface area contributed by atoms with Crippen LogP contribution in [0.5, 0.6) is 0 Å². The molecule has 1 amide bonds. The Kier molecular flexibility index (Phi) is 8.60. The molecule has 0 aliphatic carbocycles. The zero-order chi connectivity index (χ0) is 23.1. The molecule has 32 heavy (non-hydrogen) atoms. The highest BCUT2D eigenvalue weighted by atomic mass is 32.1. The van der Waals surface area contributed by atoms with Crippen LogP contribution >= 0.6 is 12.2 Å². The van der Waals surface area contributed by atoms with E-state index in [0.29, 0.717) is 18.2 Å². The van der Waals surface area contributed by atoms with E-state index in [1.54, 1.807) is 6.92 Å². The predicted molar refractivity (Wildman–Crippen MR) is 136 cm³/mol. The van der Waals surface area contributed by atoms with Gasteiger partial charge in [0.2, 0.25) is 5.91 Å². The monoisotopic (exact) mass is 457 g/mol. The van der Waals surface area contributed by atoms with Crippen LogP contribution in [-0.4, -0.2) is 84.2 Å². The number of piperazine rings is 1. The number of thiocarbonyl (C=S) groups is 1. The number of nitrogens with one attached hydrogen (secondary N) is 2. The number of rotatable bonds is 8. The van der Waals surface area contributed by atoms with E-state index in [1.807, 2.05) is 23.1 Å². The summed E-state index contributed by atoms with van der Waals surface area (Å²) in [6.07, 6.45) is 0. The lowest BCUT2D eigenvalue weighted by molar-refractivity contribution is -0.132. The van der Waals surface area contributed by atoms with Crippen LogP contribution in [0, 0.1) is 0 Å². The van der Waals surface area contributed by atoms with Crippen LogP contribution in [0.25, 0.3) is 10.9 Å². The van der Waals surface area contributed by atoms with Gasteiger partial charge in [-0.25, -0.2) is 4.98 Å². The maximum absolute atomic E-state index is 12.1. The lowest BCUT2D eigenvalue weighted by Crippen LogP contribution is -2.52. The van der Waals surface area contributed by atoms with Gasteiger partial charge in [-0.1, -0.05) is 13.8 Å². The summed E-state index contributed by atoms with van der Waals surface area (Å²) in [4.78, 5) is 23.3. The third-order valence-electron chi connectivity index (χ3n) is 5.85. The van der Waals surface area contributed by atoms with Gasteiger partial charge in [0.1, 0.15) is 5.82 Å². The van der Waals surface area contributed by atoms with Crippen molar-refractivity contribution in [1.82, 2.24) is 20.1 Å². The SMILES string of the molecule is CCN(CC)CCNC(=S)Nc1ccc2nc(N3CCN(C(=O)[C@H](C)N)CC3)ccc2c1. The van der Waals surface area contributed by atoms with Gasteiger partial charge < -0.3 is 31.1 Å². The van der Waals surface area contributed by atoms with Crippen molar-refractivity contribution < 1.29 is 4.79 Å². The Hall–Kier alpha value is -2.49. The third-order valence-corrected chi connectivity index (χ3v) is 6.09. The van der Waals surface area contributed by atoms with Gasteiger partial charge in [0.05, 0.1) is 11.6 Å². The largest absolute Gasteiger partial charge is 0.361 e. The summed E-state index contributed by atoms with van der Waals surface area (Å²) in [7, 11) is 0. The van der Waals surface area contributed by atoms with E-state index in [-0.39, 0.29) is 5.91 Å². The molecule has 1 aliphatic heterocycles. The number of carbonyl (C=O) groups excluding carboxylic acids is 1. The van der Waals surface area contributed by atoms with E-state index in [2.05, 4.69) is 46.4 Å². The average molecular weight is 458 g/mol. The number of amides is 1. The molecule has 1 atom stereocenters. The minimum Gasteiger partial charge on any atom is -0.361 e. The Bertz CT molecular complexity index is 924. The Morgan fingerprint density at radius 2 is 1.91 bits per heavy atom. The smallest absolute Gasteiger partial charge is 0.239 e. The predicted octanol–water partition coefficient (Wildman–Crippen LogP) is 1.86. The first-order valence-corrected chi connectivity index (χ1v) is 11.8. The van der Waals surface area contributed by atoms with Gasteiger partial charge in [-0.3, -0.25) is 4.79 Å². The Morgan fingerprint density at radius 3 is 2.56 bits per heavy atom. The fraction of sp³-hybridized carbons (Fsp3) is 0.522. The highest BCUT2D eigenvalue weighted by molar-refractivity contribution is 7.80. The van der Waals surface area contributed by atoms with Crippen LogP contribution in [0.2, 0.25) is 0 Å². The van der Waals surface area contributed by atoms with E-state index in [4.69, 9.17) is 22.9 Å². The quantitative estimate of drug-likeness (QED) is 0.518. The third kappa shape index (κ3) is 6.27. The molecule has 1 fully saturated rings. The second-order valence-corrected chi connectivity index (χ2v) is 8.49. The summed E-state index contributed by atoms with van der Waals surface area (Å²) in [6.45, 7) is 12.8. The number of fused-ring (bicyclic) bond motifs is 1. The van der Waals surface area contributed by atoms with Crippen molar-refractivity contribution in [2.24, 2.45) is 5.73 Å². The first-order valence-electron chi connectivity index (χ1n) is 11.4. The molecule has 8 nitrogen and oxygen atoms in total. The van der Waals surface area contributed by atoms with Gasteiger partial charge in [0.15, 0.2) is 5.11 Å². The molecule has 0 saturated carbocycles. The maximum atomic E-state index is 12.1. The van der Waals surface area contributed by atoms with E-state index in [1.165, 1.54) is 0 Å². The Balaban J connectivity index is 1.56. The first-order chi connectivity index (χ1) is 15.4. The van der Waals surface area contributed by atoms with Crippen molar-refractivity contribution in [2.75, 3.05) is 62.6 Å². The molecular weight excluding hydrogens is 422 g/mol. The topological polar surface area (TPSA) is 89.8 Å². The maximum Gasteiger partial charge on any atom is 0.239 e. The lowest BCUT2D eigenvalue weighted by atomic mass is 10.2. The van der Waals surface area contributed by atoms with Crippen LogP contribution in [0.15, 0.2) is 30.3 Å². The zero-order valence-electron chi connectivity index (χ0n) is 19.3. The number of hydrogen-bond donors (Lipinski definition) is 3. The van der Waals surface area contributed by atoms with E-state index >= 15 is 0 Å². The number of pyridine rings is 1. The minimum atomic E-state index is -0.450. The summed E-state index contributed by atoms with van der Waals surface area (Å²) in [5.41, 5.74) is 7.60. The summed E-state index contributed by atoms with van der Waals surface area (Å²) in [5, 5.41) is 8.21. The van der Waals surface area contributed by atoms with Crippen molar-refractivity contribution in [3.8, 4) is 0 Å². The highest BCUT2D eigenvalue weighted by Gasteiger charge is 2.23. The highest BCUT2D eigenvalue weighted by Crippen LogP contribution is 2.22. The molecule has 9 heteroatoms. The summed E-state index contributed by atoms with van der Waals surface area (Å²) >= 11 is 5.43. The van der Waals surface area contributed by atoms with E-state index in [0.717, 1.165) is 61.7 Å². The molecule has 0 unspecified atom stereocenters. The van der Waals surface area contributed by atoms with Gasteiger partial charge in [0.25, 0.3) is 0 Å². The number of aromatic nitrogens is 1. The number of likely N-dealkylation sites (N-methyl/N-ethyl adjacent to an activating group) is 1. The van der Waals surface area contributed by atoms with E-state index in [9.17, 15) is 4.79 Å². The van der Waals surface area contributed by atoms with Crippen LogP contribution < -0.4 is 21.3 Å². The van der Waals surface area contributed by atoms with Crippen LogP contribution in [-0.2, 0) is 4.79 Å². The van der Waals surface area contributed by atoms with Crippen LogP contribution in [0.3, 0.4) is 0 Å². The molecule has 2 heterocycles. The summed E-state index contributed by atoms with van der Waals surface area (Å²) in [5.74, 6) is 0.941. The minimum absolute atomic E-state index is 0.0107. The van der Waals surface area contributed by atoms with Crippen LogP contribution in [0.1, 0.15) is 20.8 Å². The van der Waals surface area contributed by atoms with Gasteiger partial charge in [-0.05, 0) is 62.6 Å². The fourth-order valence-electron chi connectivity index (χ4n) is 3.86. The molecule has 2 aromatic rings. The van der Waals surface area contributed by atoms with Crippen molar-refractivity contribution in [3.63, 3.8) is 0 Å². The summed E-state index contributed by atoms with van der Waals surface area (Å²) < 4.78 is 0. The Morgan fingerprint density at radius 1 is 1.19 bits per heavy atom. The second-order valence-electron chi connectivity index (χ2n) is 8.09. The van der Waals surface area contributed by atoms with E-state index < -0.39 is 6.04 Å². The number of nitrogens with zero attached hydrogens (tertiary/aromatic N) is 4. The zero-order valence-corrected chi connectivity index (χ0v) is 20.1. The molecule has 0 radical (unpaired) electrons. The van der Waals surface area contributed by atoms with Crippen molar-refractivity contribution >= 4 is 45.6 Å². The number of carbonyl (C=O) groups is 1. The number of hydrogen-bond acceptors (Lipinski definition) is 6. The molecule has 3 rings (SSSR count). The number of anilines is 2. The van der Waals surface area contributed by atoms with Gasteiger partial charge >= 0.3 is 0 Å². The van der Waals surface area contributed by atoms with Gasteiger partial charge in [0, 0.05) is 50.3 Å². The molecular formula is C23H35N7OS. The molecule has 174 valence electrons. The number of benzene rings is 1. The lowest BCUT2D eigenvalue weighted by Gasteiger charge is -2.36. The molecule has 1 aliphatic rings. The van der Waals surface area contributed by atoms with Crippen LogP contribution in [0.4, 0.5) is 11.5 Å². The average Bonchev–Trinajstić information content (AvgIpc) is 2.81. The molecule has 1 aromatic heterocycles. The van der Waals surface area contributed by atoms with Gasteiger partial charge in [-0.15, -0.1) is 0 Å². The van der Waals surface area contributed by atoms with Crippen molar-refractivity contribution in [1.29, 1.82) is 0 Å². The fourth-order valence-corrected chi connectivity index (χ4v) is 4.08.